The zero-order valence-corrected chi connectivity index (χ0v) is 16.0. The second kappa shape index (κ2) is 8.14. The molecular formula is C18H21BrN2O2S. The van der Waals surface area contributed by atoms with E-state index in [1.54, 1.807) is 7.11 Å². The van der Waals surface area contributed by atoms with Gasteiger partial charge in [0.05, 0.1) is 22.5 Å². The average Bonchev–Trinajstić information content (AvgIpc) is 3.27. The van der Waals surface area contributed by atoms with Gasteiger partial charge in [0.15, 0.2) is 0 Å². The summed E-state index contributed by atoms with van der Waals surface area (Å²) < 4.78 is 6.32. The van der Waals surface area contributed by atoms with Crippen LogP contribution < -0.4 is 10.1 Å². The van der Waals surface area contributed by atoms with Crippen LogP contribution in [-0.4, -0.2) is 37.6 Å². The van der Waals surface area contributed by atoms with Gasteiger partial charge < -0.3 is 10.1 Å². The molecule has 1 fully saturated rings. The molecule has 0 saturated carbocycles. The number of carbonyl (C=O) groups excluding carboxylic acids is 1. The molecule has 1 saturated heterocycles. The lowest BCUT2D eigenvalue weighted by atomic mass is 10.0. The summed E-state index contributed by atoms with van der Waals surface area (Å²) in [5, 5.41) is 4.96. The third kappa shape index (κ3) is 4.18. The van der Waals surface area contributed by atoms with Crippen molar-refractivity contribution in [3.8, 4) is 5.75 Å². The van der Waals surface area contributed by atoms with Crippen molar-refractivity contribution in [1.29, 1.82) is 0 Å². The molecule has 128 valence electrons. The van der Waals surface area contributed by atoms with Crippen LogP contribution in [0.4, 0.5) is 0 Å². The van der Waals surface area contributed by atoms with Crippen molar-refractivity contribution in [2.45, 2.75) is 18.9 Å². The lowest BCUT2D eigenvalue weighted by molar-refractivity contribution is 0.0938. The number of carbonyl (C=O) groups is 1. The van der Waals surface area contributed by atoms with Crippen molar-refractivity contribution >= 4 is 33.2 Å². The van der Waals surface area contributed by atoms with Crippen LogP contribution in [0.1, 0.15) is 34.8 Å². The molecule has 0 radical (unpaired) electrons. The molecule has 0 bridgehead atoms. The number of nitrogens with zero attached hydrogens (tertiary/aromatic N) is 1. The van der Waals surface area contributed by atoms with Gasteiger partial charge in [-0.25, -0.2) is 0 Å². The second-order valence-electron chi connectivity index (χ2n) is 5.89. The summed E-state index contributed by atoms with van der Waals surface area (Å²) in [4.78, 5) is 14.8. The minimum atomic E-state index is -0.0240. The molecule has 0 spiro atoms. The number of amides is 1. The first-order valence-corrected chi connectivity index (χ1v) is 9.75. The Kier molecular flexibility index (Phi) is 5.92. The van der Waals surface area contributed by atoms with Gasteiger partial charge in [-0.2, -0.15) is 0 Å². The first-order valence-electron chi connectivity index (χ1n) is 8.07. The number of hydrogen-bond acceptors (Lipinski definition) is 4. The largest absolute Gasteiger partial charge is 0.497 e. The minimum Gasteiger partial charge on any atom is -0.497 e. The van der Waals surface area contributed by atoms with E-state index in [4.69, 9.17) is 4.74 Å². The zero-order valence-electron chi connectivity index (χ0n) is 13.6. The second-order valence-corrected chi connectivity index (χ2v) is 8.18. The van der Waals surface area contributed by atoms with E-state index in [2.05, 4.69) is 38.3 Å². The van der Waals surface area contributed by atoms with Gasteiger partial charge in [-0.05, 0) is 65.6 Å². The normalized spacial score (nSPS) is 16.1. The van der Waals surface area contributed by atoms with Crippen LogP contribution in [0.2, 0.25) is 0 Å². The molecular weight excluding hydrogens is 388 g/mol. The highest BCUT2D eigenvalue weighted by molar-refractivity contribution is 9.11. The Morgan fingerprint density at radius 3 is 2.83 bits per heavy atom. The molecule has 1 aromatic carbocycles. The van der Waals surface area contributed by atoms with E-state index in [-0.39, 0.29) is 11.9 Å². The molecule has 1 aliphatic heterocycles. The molecule has 3 rings (SSSR count). The topological polar surface area (TPSA) is 41.6 Å². The highest BCUT2D eigenvalue weighted by Crippen LogP contribution is 2.27. The summed E-state index contributed by atoms with van der Waals surface area (Å²) in [6.07, 6.45) is 2.43. The fraction of sp³-hybridized carbons (Fsp3) is 0.389. The Labute approximate surface area is 154 Å². The summed E-state index contributed by atoms with van der Waals surface area (Å²) in [6.45, 7) is 2.74. The van der Waals surface area contributed by atoms with Gasteiger partial charge in [-0.1, -0.05) is 12.1 Å². The SMILES string of the molecule is COc1cccc([C@@H](CNC(=O)c2csc(Br)c2)N2CCCC2)c1. The van der Waals surface area contributed by atoms with E-state index in [1.165, 1.54) is 29.7 Å². The van der Waals surface area contributed by atoms with E-state index in [0.29, 0.717) is 12.1 Å². The van der Waals surface area contributed by atoms with Gasteiger partial charge in [0.25, 0.3) is 5.91 Å². The highest BCUT2D eigenvalue weighted by Gasteiger charge is 2.24. The van der Waals surface area contributed by atoms with Crippen LogP contribution >= 0.6 is 27.3 Å². The molecule has 1 atom stereocenters. The molecule has 2 heterocycles. The molecule has 1 aromatic heterocycles. The van der Waals surface area contributed by atoms with E-state index in [0.717, 1.165) is 22.6 Å². The molecule has 6 heteroatoms. The minimum absolute atomic E-state index is 0.0240. The predicted molar refractivity (Wildman–Crippen MR) is 101 cm³/mol. The van der Waals surface area contributed by atoms with Crippen LogP contribution in [0.3, 0.4) is 0 Å². The summed E-state index contributed by atoms with van der Waals surface area (Å²) >= 11 is 4.93. The molecule has 0 aliphatic carbocycles. The molecule has 1 aliphatic rings. The van der Waals surface area contributed by atoms with Crippen LogP contribution in [0.25, 0.3) is 0 Å². The molecule has 1 N–H and O–H groups in total. The van der Waals surface area contributed by atoms with E-state index in [1.807, 2.05) is 23.6 Å². The zero-order chi connectivity index (χ0) is 16.9. The van der Waals surface area contributed by atoms with E-state index in [9.17, 15) is 4.79 Å². The lowest BCUT2D eigenvalue weighted by Crippen LogP contribution is -2.36. The summed E-state index contributed by atoms with van der Waals surface area (Å²) in [7, 11) is 1.68. The molecule has 1 amide bonds. The van der Waals surface area contributed by atoms with Crippen molar-refractivity contribution < 1.29 is 9.53 Å². The van der Waals surface area contributed by atoms with Crippen molar-refractivity contribution in [3.63, 3.8) is 0 Å². The monoisotopic (exact) mass is 408 g/mol. The van der Waals surface area contributed by atoms with Gasteiger partial charge in [0, 0.05) is 11.9 Å². The molecule has 24 heavy (non-hydrogen) atoms. The maximum absolute atomic E-state index is 12.4. The fourth-order valence-corrected chi connectivity index (χ4v) is 4.22. The van der Waals surface area contributed by atoms with Crippen molar-refractivity contribution in [1.82, 2.24) is 10.2 Å². The first kappa shape index (κ1) is 17.5. The van der Waals surface area contributed by atoms with Gasteiger partial charge in [-0.3, -0.25) is 9.69 Å². The number of ether oxygens (including phenoxy) is 1. The third-order valence-corrected chi connectivity index (χ3v) is 5.85. The quantitative estimate of drug-likeness (QED) is 0.782. The van der Waals surface area contributed by atoms with Gasteiger partial charge in [0.1, 0.15) is 5.75 Å². The third-order valence-electron chi connectivity index (χ3n) is 4.35. The number of halogens is 1. The van der Waals surface area contributed by atoms with Crippen LogP contribution in [-0.2, 0) is 0 Å². The predicted octanol–water partition coefficient (Wildman–Crippen LogP) is 4.09. The van der Waals surface area contributed by atoms with Gasteiger partial charge in [0.2, 0.25) is 0 Å². The van der Waals surface area contributed by atoms with Crippen LogP contribution in [0.5, 0.6) is 5.75 Å². The van der Waals surface area contributed by atoms with Gasteiger partial charge in [-0.15, -0.1) is 11.3 Å². The average molecular weight is 409 g/mol. The Bertz CT molecular complexity index is 698. The Morgan fingerprint density at radius 2 is 2.17 bits per heavy atom. The Morgan fingerprint density at radius 1 is 1.38 bits per heavy atom. The Balaban J connectivity index is 1.73. The van der Waals surface area contributed by atoms with Crippen molar-refractivity contribution in [3.05, 3.63) is 50.6 Å². The molecule has 2 aromatic rings. The number of rotatable bonds is 6. The van der Waals surface area contributed by atoms with Gasteiger partial charge >= 0.3 is 0 Å². The molecule has 0 unspecified atom stereocenters. The van der Waals surface area contributed by atoms with E-state index < -0.39 is 0 Å². The van der Waals surface area contributed by atoms with Crippen molar-refractivity contribution in [2.75, 3.05) is 26.7 Å². The fourth-order valence-electron chi connectivity index (χ4n) is 3.08. The number of hydrogen-bond donors (Lipinski definition) is 1. The summed E-state index contributed by atoms with van der Waals surface area (Å²) in [5.74, 6) is 0.828. The summed E-state index contributed by atoms with van der Waals surface area (Å²) in [5.41, 5.74) is 1.89. The summed E-state index contributed by atoms with van der Waals surface area (Å²) in [6, 6.07) is 10.2. The first-order chi connectivity index (χ1) is 11.7. The maximum Gasteiger partial charge on any atom is 0.252 e. The Hall–Kier alpha value is -1.37. The van der Waals surface area contributed by atoms with Crippen molar-refractivity contribution in [2.24, 2.45) is 0 Å². The van der Waals surface area contributed by atoms with Crippen LogP contribution in [0.15, 0.2) is 39.5 Å². The number of likely N-dealkylation sites (tertiary alicyclic amines) is 1. The number of nitrogens with one attached hydrogen (secondary N) is 1. The lowest BCUT2D eigenvalue weighted by Gasteiger charge is -2.28. The number of methoxy groups -OCH3 is 1. The standard InChI is InChI=1S/C18H21BrN2O2S/c1-23-15-6-4-5-13(9-15)16(21-7-2-3-8-21)11-20-18(22)14-10-17(19)24-12-14/h4-6,9-10,12,16H,2-3,7-8,11H2,1H3,(H,20,22)/t16-/m1/s1. The highest BCUT2D eigenvalue weighted by atomic mass is 79.9. The van der Waals surface area contributed by atoms with E-state index >= 15 is 0 Å². The number of benzene rings is 1. The number of thiophene rings is 1. The van der Waals surface area contributed by atoms with Crippen LogP contribution in [0, 0.1) is 0 Å². The maximum atomic E-state index is 12.4. The molecule has 4 nitrogen and oxygen atoms in total. The smallest absolute Gasteiger partial charge is 0.252 e.